The average molecular weight is 460 g/mol. The lowest BCUT2D eigenvalue weighted by molar-refractivity contribution is 0.0635. The van der Waals surface area contributed by atoms with E-state index in [0.29, 0.717) is 22.8 Å². The minimum absolute atomic E-state index is 0.300. The molecular formula is C21H22BrN3O4. The molecule has 0 saturated heterocycles. The van der Waals surface area contributed by atoms with Gasteiger partial charge in [0.1, 0.15) is 17.0 Å². The number of aromatic amines is 1. The van der Waals surface area contributed by atoms with Crippen molar-refractivity contribution in [1.82, 2.24) is 4.98 Å². The van der Waals surface area contributed by atoms with Crippen LogP contribution in [-0.4, -0.2) is 29.7 Å². The molecule has 3 N–H and O–H groups in total. The SMILES string of the molecule is COc1ccc(NC(=O)c2cc3ccc(Br)cc3[nH]2)cc1NC(=O)OC(C)(C)C. The molecule has 8 heteroatoms. The first kappa shape index (κ1) is 20.7. The third kappa shape index (κ3) is 5.29. The molecule has 7 nitrogen and oxygen atoms in total. The lowest BCUT2D eigenvalue weighted by Crippen LogP contribution is -2.27. The highest BCUT2D eigenvalue weighted by Gasteiger charge is 2.18. The Morgan fingerprint density at radius 1 is 1.03 bits per heavy atom. The summed E-state index contributed by atoms with van der Waals surface area (Å²) in [7, 11) is 1.50. The van der Waals surface area contributed by atoms with E-state index >= 15 is 0 Å². The monoisotopic (exact) mass is 459 g/mol. The summed E-state index contributed by atoms with van der Waals surface area (Å²) in [6, 6.07) is 12.5. The number of carbonyl (C=O) groups is 2. The Bertz CT molecular complexity index is 1070. The van der Waals surface area contributed by atoms with Crippen molar-refractivity contribution in [2.24, 2.45) is 0 Å². The minimum Gasteiger partial charge on any atom is -0.495 e. The summed E-state index contributed by atoms with van der Waals surface area (Å²) < 4.78 is 11.5. The number of fused-ring (bicyclic) bond motifs is 1. The van der Waals surface area contributed by atoms with Crippen molar-refractivity contribution in [3.63, 3.8) is 0 Å². The van der Waals surface area contributed by atoms with Crippen LogP contribution in [0.4, 0.5) is 16.2 Å². The van der Waals surface area contributed by atoms with Gasteiger partial charge in [0, 0.05) is 21.1 Å². The summed E-state index contributed by atoms with van der Waals surface area (Å²) in [5, 5.41) is 6.40. The summed E-state index contributed by atoms with van der Waals surface area (Å²) in [4.78, 5) is 27.8. The average Bonchev–Trinajstić information content (AvgIpc) is 3.03. The molecule has 3 rings (SSSR count). The third-order valence-corrected chi connectivity index (χ3v) is 4.42. The van der Waals surface area contributed by atoms with Gasteiger partial charge < -0.3 is 19.8 Å². The molecule has 0 spiro atoms. The van der Waals surface area contributed by atoms with Gasteiger partial charge in [-0.1, -0.05) is 22.0 Å². The molecule has 2 aromatic carbocycles. The fourth-order valence-electron chi connectivity index (χ4n) is 2.72. The zero-order valence-electron chi connectivity index (χ0n) is 16.6. The van der Waals surface area contributed by atoms with Crippen LogP contribution in [-0.2, 0) is 4.74 Å². The first-order valence-corrected chi connectivity index (χ1v) is 9.71. The summed E-state index contributed by atoms with van der Waals surface area (Å²) in [5.74, 6) is 0.148. The molecule has 0 aliphatic heterocycles. The third-order valence-electron chi connectivity index (χ3n) is 3.92. The van der Waals surface area contributed by atoms with Crippen LogP contribution in [0, 0.1) is 0 Å². The molecule has 0 aliphatic rings. The normalized spacial score (nSPS) is 11.2. The van der Waals surface area contributed by atoms with Crippen LogP contribution >= 0.6 is 15.9 Å². The Morgan fingerprint density at radius 3 is 2.48 bits per heavy atom. The largest absolute Gasteiger partial charge is 0.495 e. The zero-order chi connectivity index (χ0) is 21.2. The van der Waals surface area contributed by atoms with Crippen LogP contribution in [0.25, 0.3) is 10.9 Å². The number of halogens is 1. The topological polar surface area (TPSA) is 92.5 Å². The van der Waals surface area contributed by atoms with Gasteiger partial charge in [-0.15, -0.1) is 0 Å². The van der Waals surface area contributed by atoms with Crippen LogP contribution < -0.4 is 15.4 Å². The number of amides is 2. The standard InChI is InChI=1S/C21H22BrN3O4/c1-21(2,3)29-20(27)25-16-11-14(7-8-18(16)28-4)23-19(26)17-9-12-5-6-13(22)10-15(12)24-17/h5-11,24H,1-4H3,(H,23,26)(H,25,27). The number of hydrogen-bond acceptors (Lipinski definition) is 4. The van der Waals surface area contributed by atoms with Gasteiger partial charge >= 0.3 is 6.09 Å². The first-order chi connectivity index (χ1) is 13.6. The Balaban J connectivity index is 1.79. The van der Waals surface area contributed by atoms with E-state index in [9.17, 15) is 9.59 Å². The smallest absolute Gasteiger partial charge is 0.412 e. The van der Waals surface area contributed by atoms with E-state index in [2.05, 4.69) is 31.5 Å². The number of rotatable bonds is 4. The van der Waals surface area contributed by atoms with E-state index in [1.807, 2.05) is 18.2 Å². The van der Waals surface area contributed by atoms with Crippen molar-refractivity contribution in [3.05, 3.63) is 52.6 Å². The van der Waals surface area contributed by atoms with Gasteiger partial charge in [0.15, 0.2) is 0 Å². The number of carbonyl (C=O) groups excluding carboxylic acids is 2. The highest BCUT2D eigenvalue weighted by atomic mass is 79.9. The number of nitrogens with one attached hydrogen (secondary N) is 3. The molecule has 0 unspecified atom stereocenters. The number of methoxy groups -OCH3 is 1. The lowest BCUT2D eigenvalue weighted by atomic mass is 10.2. The molecule has 2 amide bonds. The maximum absolute atomic E-state index is 12.6. The molecule has 0 saturated carbocycles. The summed E-state index contributed by atoms with van der Waals surface area (Å²) in [6.07, 6.45) is -0.611. The molecule has 152 valence electrons. The second-order valence-corrected chi connectivity index (χ2v) is 8.33. The molecule has 0 fully saturated rings. The van der Waals surface area contributed by atoms with Crippen molar-refractivity contribution in [2.45, 2.75) is 26.4 Å². The number of ether oxygens (including phenoxy) is 2. The highest BCUT2D eigenvalue weighted by molar-refractivity contribution is 9.10. The van der Waals surface area contributed by atoms with E-state index in [4.69, 9.17) is 9.47 Å². The fraction of sp³-hybridized carbons (Fsp3) is 0.238. The van der Waals surface area contributed by atoms with E-state index in [-0.39, 0.29) is 5.91 Å². The molecule has 0 atom stereocenters. The molecule has 1 heterocycles. The summed E-state index contributed by atoms with van der Waals surface area (Å²) in [5.41, 5.74) is 1.54. The van der Waals surface area contributed by atoms with E-state index in [1.54, 1.807) is 45.0 Å². The van der Waals surface area contributed by atoms with Crippen molar-refractivity contribution in [3.8, 4) is 5.75 Å². The summed E-state index contributed by atoms with van der Waals surface area (Å²) in [6.45, 7) is 5.33. The predicted molar refractivity (Wildman–Crippen MR) is 117 cm³/mol. The first-order valence-electron chi connectivity index (χ1n) is 8.92. The molecule has 0 aliphatic carbocycles. The minimum atomic E-state index is -0.631. The van der Waals surface area contributed by atoms with Gasteiger partial charge in [-0.3, -0.25) is 10.1 Å². The summed E-state index contributed by atoms with van der Waals surface area (Å²) >= 11 is 3.41. The Kier molecular flexibility index (Phi) is 5.83. The number of H-pyrrole nitrogens is 1. The zero-order valence-corrected chi connectivity index (χ0v) is 18.1. The molecule has 29 heavy (non-hydrogen) atoms. The van der Waals surface area contributed by atoms with E-state index < -0.39 is 11.7 Å². The Hall–Kier alpha value is -3.00. The van der Waals surface area contributed by atoms with Crippen LogP contribution in [0.5, 0.6) is 5.75 Å². The maximum atomic E-state index is 12.6. The number of hydrogen-bond donors (Lipinski definition) is 3. The number of benzene rings is 2. The van der Waals surface area contributed by atoms with Crippen LogP contribution in [0.3, 0.4) is 0 Å². The quantitative estimate of drug-likeness (QED) is 0.477. The van der Waals surface area contributed by atoms with Crippen LogP contribution in [0.2, 0.25) is 0 Å². The van der Waals surface area contributed by atoms with Gasteiger partial charge in [-0.25, -0.2) is 4.79 Å². The number of anilines is 2. The van der Waals surface area contributed by atoms with Gasteiger partial charge in [-0.2, -0.15) is 0 Å². The maximum Gasteiger partial charge on any atom is 0.412 e. The predicted octanol–water partition coefficient (Wildman–Crippen LogP) is 5.54. The molecular weight excluding hydrogens is 438 g/mol. The van der Waals surface area contributed by atoms with E-state index in [0.717, 1.165) is 15.4 Å². The molecule has 3 aromatic rings. The second kappa shape index (κ2) is 8.16. The van der Waals surface area contributed by atoms with Crippen molar-refractivity contribution in [2.75, 3.05) is 17.7 Å². The second-order valence-electron chi connectivity index (χ2n) is 7.41. The van der Waals surface area contributed by atoms with Gasteiger partial charge in [0.05, 0.1) is 12.8 Å². The molecule has 0 bridgehead atoms. The van der Waals surface area contributed by atoms with Crippen molar-refractivity contribution in [1.29, 1.82) is 0 Å². The van der Waals surface area contributed by atoms with Crippen LogP contribution in [0.1, 0.15) is 31.3 Å². The van der Waals surface area contributed by atoms with Gasteiger partial charge in [0.25, 0.3) is 5.91 Å². The molecule has 0 radical (unpaired) electrons. The lowest BCUT2D eigenvalue weighted by Gasteiger charge is -2.20. The number of aromatic nitrogens is 1. The fourth-order valence-corrected chi connectivity index (χ4v) is 3.08. The van der Waals surface area contributed by atoms with Crippen molar-refractivity contribution >= 4 is 50.2 Å². The Labute approximate surface area is 176 Å². The molecule has 1 aromatic heterocycles. The van der Waals surface area contributed by atoms with Crippen molar-refractivity contribution < 1.29 is 19.1 Å². The Morgan fingerprint density at radius 2 is 1.79 bits per heavy atom. The highest BCUT2D eigenvalue weighted by Crippen LogP contribution is 2.29. The van der Waals surface area contributed by atoms with Gasteiger partial charge in [0.2, 0.25) is 0 Å². The van der Waals surface area contributed by atoms with E-state index in [1.165, 1.54) is 7.11 Å². The van der Waals surface area contributed by atoms with Gasteiger partial charge in [-0.05, 0) is 57.2 Å². The van der Waals surface area contributed by atoms with Crippen LogP contribution in [0.15, 0.2) is 46.9 Å².